The molecule has 1 aromatic carbocycles. The normalized spacial score (nSPS) is 18.5. The third-order valence-corrected chi connectivity index (χ3v) is 4.83. The largest absolute Gasteiger partial charge is 0.496 e. The molecule has 1 aromatic rings. The summed E-state index contributed by atoms with van der Waals surface area (Å²) < 4.78 is 17.4. The van der Waals surface area contributed by atoms with Crippen molar-refractivity contribution in [2.75, 3.05) is 13.7 Å². The number of methoxy groups -OCH3 is 1. The van der Waals surface area contributed by atoms with Crippen molar-refractivity contribution in [2.24, 2.45) is 0 Å². The molecule has 1 amide bonds. The minimum absolute atomic E-state index is 0.143. The molecule has 0 atom stereocenters. The topological polar surface area (TPSA) is 73.9 Å². The van der Waals surface area contributed by atoms with Crippen LogP contribution in [-0.4, -0.2) is 44.2 Å². The van der Waals surface area contributed by atoms with E-state index in [-0.39, 0.29) is 12.5 Å². The third kappa shape index (κ3) is 4.34. The van der Waals surface area contributed by atoms with Crippen molar-refractivity contribution in [2.45, 2.75) is 45.8 Å². The monoisotopic (exact) mass is 359 g/mol. The molecule has 0 saturated carbocycles. The molecule has 1 aliphatic rings. The van der Waals surface area contributed by atoms with Gasteiger partial charge in [-0.05, 0) is 50.9 Å². The minimum Gasteiger partial charge on any atom is -0.496 e. The van der Waals surface area contributed by atoms with Crippen molar-refractivity contribution < 1.29 is 23.6 Å². The zero-order valence-corrected chi connectivity index (χ0v) is 16.2. The van der Waals surface area contributed by atoms with Crippen molar-refractivity contribution in [3.63, 3.8) is 0 Å². The molecule has 0 spiro atoms. The highest BCUT2D eigenvalue weighted by molar-refractivity contribution is 6.56. The molecule has 1 saturated heterocycles. The summed E-state index contributed by atoms with van der Waals surface area (Å²) in [6.07, 6.45) is 2.61. The van der Waals surface area contributed by atoms with Gasteiger partial charge in [0.05, 0.1) is 23.9 Å². The zero-order valence-electron chi connectivity index (χ0n) is 16.2. The Morgan fingerprint density at radius 2 is 1.85 bits per heavy atom. The molecule has 0 aromatic heterocycles. The summed E-state index contributed by atoms with van der Waals surface area (Å²) in [5, 5.41) is 2.79. The summed E-state index contributed by atoms with van der Waals surface area (Å²) in [4.78, 5) is 22.6. The Morgan fingerprint density at radius 3 is 2.35 bits per heavy atom. The number of carbonyl (C=O) groups excluding carboxylic acids is 2. The molecular formula is C19H26BNO5. The smallest absolute Gasteiger partial charge is 0.492 e. The SMILES string of the molecule is COc1ccc(C=C(CNC(C)=O)B2OC(C)(C)C(C)(C)O2)cc1C=O. The number of hydrogen-bond acceptors (Lipinski definition) is 5. The first-order chi connectivity index (χ1) is 12.1. The molecule has 1 heterocycles. The lowest BCUT2D eigenvalue weighted by Crippen LogP contribution is -2.41. The number of amides is 1. The number of hydrogen-bond donors (Lipinski definition) is 1. The second-order valence-corrected chi connectivity index (χ2v) is 7.34. The molecule has 0 bridgehead atoms. The van der Waals surface area contributed by atoms with Gasteiger partial charge in [-0.25, -0.2) is 0 Å². The standard InChI is InChI=1S/C19H26BNO5/c1-13(23)21-11-16(20-25-18(2,3)19(4,5)26-20)10-14-7-8-17(24-6)15(9-14)12-22/h7-10,12H,11H2,1-6H3,(H,21,23). The van der Waals surface area contributed by atoms with Crippen LogP contribution in [0.3, 0.4) is 0 Å². The fourth-order valence-corrected chi connectivity index (χ4v) is 2.57. The number of nitrogens with one attached hydrogen (secondary N) is 1. The van der Waals surface area contributed by atoms with Crippen LogP contribution in [0.15, 0.2) is 23.7 Å². The van der Waals surface area contributed by atoms with E-state index in [0.29, 0.717) is 11.3 Å². The van der Waals surface area contributed by atoms with E-state index >= 15 is 0 Å². The van der Waals surface area contributed by atoms with Crippen LogP contribution in [0.5, 0.6) is 5.75 Å². The summed E-state index contributed by atoms with van der Waals surface area (Å²) in [5.41, 5.74) is 1.04. The van der Waals surface area contributed by atoms with Crippen LogP contribution in [0.25, 0.3) is 6.08 Å². The lowest BCUT2D eigenvalue weighted by atomic mass is 9.77. The molecule has 1 fully saturated rings. The van der Waals surface area contributed by atoms with Crippen molar-refractivity contribution in [3.8, 4) is 5.75 Å². The van der Waals surface area contributed by atoms with Crippen LogP contribution in [0.1, 0.15) is 50.5 Å². The molecule has 0 radical (unpaired) electrons. The first kappa shape index (κ1) is 20.2. The quantitative estimate of drug-likeness (QED) is 0.624. The van der Waals surface area contributed by atoms with Gasteiger partial charge in [-0.2, -0.15) is 0 Å². The van der Waals surface area contributed by atoms with E-state index in [0.717, 1.165) is 17.3 Å². The molecule has 6 nitrogen and oxygen atoms in total. The Labute approximate surface area is 155 Å². The fraction of sp³-hybridized carbons (Fsp3) is 0.474. The molecule has 7 heteroatoms. The second-order valence-electron chi connectivity index (χ2n) is 7.34. The average molecular weight is 359 g/mol. The van der Waals surface area contributed by atoms with Crippen molar-refractivity contribution in [1.82, 2.24) is 5.32 Å². The van der Waals surface area contributed by atoms with Crippen molar-refractivity contribution in [1.29, 1.82) is 0 Å². The van der Waals surface area contributed by atoms with E-state index in [1.807, 2.05) is 39.8 Å². The average Bonchev–Trinajstić information content (AvgIpc) is 2.78. The van der Waals surface area contributed by atoms with Gasteiger partial charge in [0.1, 0.15) is 5.75 Å². The molecule has 0 aliphatic carbocycles. The number of ether oxygens (including phenoxy) is 1. The van der Waals surface area contributed by atoms with Crippen LogP contribution >= 0.6 is 0 Å². The van der Waals surface area contributed by atoms with Crippen LogP contribution in [-0.2, 0) is 14.1 Å². The first-order valence-corrected chi connectivity index (χ1v) is 8.53. The summed E-state index contributed by atoms with van der Waals surface area (Å²) in [6, 6.07) is 5.30. The van der Waals surface area contributed by atoms with Gasteiger partial charge in [-0.3, -0.25) is 9.59 Å². The van der Waals surface area contributed by atoms with Crippen LogP contribution in [0, 0.1) is 0 Å². The van der Waals surface area contributed by atoms with Gasteiger partial charge < -0.3 is 19.4 Å². The van der Waals surface area contributed by atoms with E-state index in [9.17, 15) is 9.59 Å². The molecule has 1 aliphatic heterocycles. The van der Waals surface area contributed by atoms with Crippen LogP contribution in [0.2, 0.25) is 0 Å². The van der Waals surface area contributed by atoms with Gasteiger partial charge >= 0.3 is 7.12 Å². The predicted octanol–water partition coefficient (Wildman–Crippen LogP) is 2.66. The van der Waals surface area contributed by atoms with Crippen molar-refractivity contribution >= 4 is 25.4 Å². The highest BCUT2D eigenvalue weighted by atomic mass is 16.7. The van der Waals surface area contributed by atoms with E-state index in [1.165, 1.54) is 14.0 Å². The Morgan fingerprint density at radius 1 is 1.23 bits per heavy atom. The number of carbonyl (C=O) groups is 2. The summed E-state index contributed by atoms with van der Waals surface area (Å²) in [5.74, 6) is 0.368. The Hall–Kier alpha value is -2.12. The highest BCUT2D eigenvalue weighted by Gasteiger charge is 2.52. The first-order valence-electron chi connectivity index (χ1n) is 8.53. The van der Waals surface area contributed by atoms with Gasteiger partial charge in [-0.15, -0.1) is 0 Å². The Bertz CT molecular complexity index is 711. The summed E-state index contributed by atoms with van der Waals surface area (Å²) in [6.45, 7) is 9.64. The maximum absolute atomic E-state index is 11.4. The highest BCUT2D eigenvalue weighted by Crippen LogP contribution is 2.38. The van der Waals surface area contributed by atoms with Crippen molar-refractivity contribution in [3.05, 3.63) is 34.8 Å². The van der Waals surface area contributed by atoms with E-state index in [4.69, 9.17) is 14.0 Å². The Kier molecular flexibility index (Phi) is 5.93. The van der Waals surface area contributed by atoms with E-state index in [1.54, 1.807) is 12.1 Å². The summed E-state index contributed by atoms with van der Waals surface area (Å²) >= 11 is 0. The fourth-order valence-electron chi connectivity index (χ4n) is 2.57. The number of benzene rings is 1. The minimum atomic E-state index is -0.589. The number of aldehydes is 1. The van der Waals surface area contributed by atoms with Gasteiger partial charge in [0.25, 0.3) is 0 Å². The molecule has 140 valence electrons. The van der Waals surface area contributed by atoms with E-state index < -0.39 is 18.3 Å². The molecule has 1 N–H and O–H groups in total. The van der Waals surface area contributed by atoms with E-state index in [2.05, 4.69) is 5.32 Å². The van der Waals surface area contributed by atoms with Gasteiger partial charge in [-0.1, -0.05) is 12.1 Å². The lowest BCUT2D eigenvalue weighted by Gasteiger charge is -2.32. The molecule has 26 heavy (non-hydrogen) atoms. The maximum Gasteiger partial charge on any atom is 0.492 e. The predicted molar refractivity (Wildman–Crippen MR) is 101 cm³/mol. The lowest BCUT2D eigenvalue weighted by molar-refractivity contribution is -0.118. The molecule has 0 unspecified atom stereocenters. The van der Waals surface area contributed by atoms with Gasteiger partial charge in [0.15, 0.2) is 6.29 Å². The Balaban J connectivity index is 2.37. The third-order valence-electron chi connectivity index (χ3n) is 4.83. The second kappa shape index (κ2) is 7.64. The molecular weight excluding hydrogens is 333 g/mol. The van der Waals surface area contributed by atoms with Gasteiger partial charge in [0.2, 0.25) is 5.91 Å². The van der Waals surface area contributed by atoms with Gasteiger partial charge in [0, 0.05) is 13.5 Å². The number of rotatable bonds is 6. The van der Waals surface area contributed by atoms with Crippen LogP contribution in [0.4, 0.5) is 0 Å². The maximum atomic E-state index is 11.4. The van der Waals surface area contributed by atoms with Crippen LogP contribution < -0.4 is 10.1 Å². The summed E-state index contributed by atoms with van der Waals surface area (Å²) in [7, 11) is 0.929. The molecule has 2 rings (SSSR count). The zero-order chi connectivity index (χ0) is 19.5.